The third kappa shape index (κ3) is 4.53. The van der Waals surface area contributed by atoms with Gasteiger partial charge in [0.05, 0.1) is 6.26 Å². The van der Waals surface area contributed by atoms with E-state index in [4.69, 9.17) is 13.6 Å². The molecular weight excluding hydrogens is 334 g/mol. The number of amides is 1. The van der Waals surface area contributed by atoms with Gasteiger partial charge in [-0.15, -0.1) is 0 Å². The van der Waals surface area contributed by atoms with Crippen LogP contribution in [0.15, 0.2) is 56.3 Å². The fourth-order valence-corrected chi connectivity index (χ4v) is 2.75. The van der Waals surface area contributed by atoms with Crippen LogP contribution in [0, 0.1) is 6.92 Å². The highest BCUT2D eigenvalue weighted by atomic mass is 16.5. The number of benzene rings is 1. The highest BCUT2D eigenvalue weighted by Gasteiger charge is 2.10. The van der Waals surface area contributed by atoms with Crippen molar-refractivity contribution < 1.29 is 18.4 Å². The number of carbonyl (C=O) groups is 1. The quantitative estimate of drug-likeness (QED) is 0.658. The maximum atomic E-state index is 12.0. The van der Waals surface area contributed by atoms with E-state index in [-0.39, 0.29) is 18.6 Å². The predicted molar refractivity (Wildman–Crippen MR) is 97.3 cm³/mol. The maximum absolute atomic E-state index is 12.0. The van der Waals surface area contributed by atoms with E-state index >= 15 is 0 Å². The van der Waals surface area contributed by atoms with Gasteiger partial charge in [-0.3, -0.25) is 4.79 Å². The highest BCUT2D eigenvalue weighted by molar-refractivity contribution is 5.81. The SMILES string of the molecule is Cc1cc(=O)oc2cc(OCC(=O)N[C@H](C)CCc3ccco3)ccc12. The average molecular weight is 355 g/mol. The summed E-state index contributed by atoms with van der Waals surface area (Å²) < 4.78 is 16.0. The van der Waals surface area contributed by atoms with Crippen molar-refractivity contribution in [3.8, 4) is 5.75 Å². The van der Waals surface area contributed by atoms with Crippen molar-refractivity contribution in [3.63, 3.8) is 0 Å². The van der Waals surface area contributed by atoms with Gasteiger partial charge in [0.15, 0.2) is 6.61 Å². The number of furan rings is 1. The fourth-order valence-electron chi connectivity index (χ4n) is 2.75. The summed E-state index contributed by atoms with van der Waals surface area (Å²) in [5, 5.41) is 3.73. The second-order valence-corrected chi connectivity index (χ2v) is 6.28. The molecule has 6 nitrogen and oxygen atoms in total. The average Bonchev–Trinajstić information content (AvgIpc) is 3.11. The predicted octanol–water partition coefficient (Wildman–Crippen LogP) is 3.21. The molecule has 0 saturated carbocycles. The summed E-state index contributed by atoms with van der Waals surface area (Å²) in [5.74, 6) is 1.17. The van der Waals surface area contributed by atoms with E-state index < -0.39 is 5.63 Å². The minimum absolute atomic E-state index is 0.00785. The Kier molecular flexibility index (Phi) is 5.41. The number of aryl methyl sites for hydroxylation is 2. The summed E-state index contributed by atoms with van der Waals surface area (Å²) in [6, 6.07) is 10.4. The molecule has 0 unspecified atom stereocenters. The summed E-state index contributed by atoms with van der Waals surface area (Å²) in [5.41, 5.74) is 0.876. The Morgan fingerprint density at radius 3 is 2.88 bits per heavy atom. The molecule has 0 bridgehead atoms. The second-order valence-electron chi connectivity index (χ2n) is 6.28. The van der Waals surface area contributed by atoms with Crippen molar-refractivity contribution in [2.45, 2.75) is 32.7 Å². The monoisotopic (exact) mass is 355 g/mol. The largest absolute Gasteiger partial charge is 0.484 e. The molecule has 0 spiro atoms. The molecule has 3 aromatic rings. The first-order chi connectivity index (χ1) is 12.5. The van der Waals surface area contributed by atoms with E-state index in [9.17, 15) is 9.59 Å². The van der Waals surface area contributed by atoms with Crippen molar-refractivity contribution in [1.82, 2.24) is 5.32 Å². The zero-order valence-corrected chi connectivity index (χ0v) is 14.8. The maximum Gasteiger partial charge on any atom is 0.336 e. The van der Waals surface area contributed by atoms with Crippen molar-refractivity contribution in [2.75, 3.05) is 6.61 Å². The molecule has 1 amide bonds. The number of carbonyl (C=O) groups excluding carboxylic acids is 1. The van der Waals surface area contributed by atoms with Crippen LogP contribution in [0.3, 0.4) is 0 Å². The number of nitrogens with one attached hydrogen (secondary N) is 1. The van der Waals surface area contributed by atoms with Crippen LogP contribution >= 0.6 is 0 Å². The standard InChI is InChI=1S/C20H21NO5/c1-13-10-20(23)26-18-11-16(7-8-17(13)18)25-12-19(22)21-14(2)5-6-15-4-3-9-24-15/h3-4,7-11,14H,5-6,12H2,1-2H3,(H,21,22)/t14-/m1/s1. The molecule has 136 valence electrons. The van der Waals surface area contributed by atoms with Crippen LogP contribution in [0.4, 0.5) is 0 Å². The van der Waals surface area contributed by atoms with Gasteiger partial charge in [-0.1, -0.05) is 0 Å². The molecule has 26 heavy (non-hydrogen) atoms. The van der Waals surface area contributed by atoms with Gasteiger partial charge in [0, 0.05) is 30.0 Å². The number of fused-ring (bicyclic) bond motifs is 1. The Labute approximate surface area is 150 Å². The molecule has 1 N–H and O–H groups in total. The van der Waals surface area contributed by atoms with Crippen LogP contribution in [0.5, 0.6) is 5.75 Å². The lowest BCUT2D eigenvalue weighted by Crippen LogP contribution is -2.36. The van der Waals surface area contributed by atoms with Crippen molar-refractivity contribution in [3.05, 3.63) is 64.4 Å². The zero-order valence-electron chi connectivity index (χ0n) is 14.8. The molecule has 0 aliphatic heterocycles. The molecule has 0 saturated heterocycles. The topological polar surface area (TPSA) is 81.7 Å². The molecule has 0 aliphatic rings. The molecule has 1 aromatic carbocycles. The Bertz CT molecular complexity index is 942. The third-order valence-corrected chi connectivity index (χ3v) is 4.10. The van der Waals surface area contributed by atoms with E-state index in [1.165, 1.54) is 6.07 Å². The molecule has 2 heterocycles. The lowest BCUT2D eigenvalue weighted by Gasteiger charge is -2.14. The molecule has 0 aliphatic carbocycles. The Morgan fingerprint density at radius 2 is 2.12 bits per heavy atom. The lowest BCUT2D eigenvalue weighted by atomic mass is 10.1. The van der Waals surface area contributed by atoms with Gasteiger partial charge in [0.2, 0.25) is 0 Å². The highest BCUT2D eigenvalue weighted by Crippen LogP contribution is 2.22. The van der Waals surface area contributed by atoms with Gasteiger partial charge in [-0.25, -0.2) is 4.79 Å². The number of ether oxygens (including phenoxy) is 1. The van der Waals surface area contributed by atoms with Crippen LogP contribution in [-0.2, 0) is 11.2 Å². The first-order valence-electron chi connectivity index (χ1n) is 8.50. The van der Waals surface area contributed by atoms with Gasteiger partial charge < -0.3 is 18.9 Å². The smallest absolute Gasteiger partial charge is 0.336 e. The molecular formula is C20H21NO5. The number of hydrogen-bond donors (Lipinski definition) is 1. The molecule has 1 atom stereocenters. The van der Waals surface area contributed by atoms with E-state index in [2.05, 4.69) is 5.32 Å². The van der Waals surface area contributed by atoms with Crippen molar-refractivity contribution in [2.24, 2.45) is 0 Å². The van der Waals surface area contributed by atoms with Gasteiger partial charge >= 0.3 is 5.63 Å². The minimum atomic E-state index is -0.407. The summed E-state index contributed by atoms with van der Waals surface area (Å²) in [4.78, 5) is 23.5. The van der Waals surface area contributed by atoms with Crippen LogP contribution < -0.4 is 15.7 Å². The van der Waals surface area contributed by atoms with Crippen LogP contribution in [-0.4, -0.2) is 18.6 Å². The van der Waals surface area contributed by atoms with Gasteiger partial charge in [0.1, 0.15) is 17.1 Å². The first kappa shape index (κ1) is 17.8. The minimum Gasteiger partial charge on any atom is -0.484 e. The van der Waals surface area contributed by atoms with Gasteiger partial charge in [-0.05, 0) is 50.1 Å². The molecule has 6 heteroatoms. The van der Waals surface area contributed by atoms with E-state index in [0.717, 1.165) is 29.6 Å². The Balaban J connectivity index is 1.52. The first-order valence-corrected chi connectivity index (χ1v) is 8.50. The van der Waals surface area contributed by atoms with Crippen molar-refractivity contribution in [1.29, 1.82) is 0 Å². The number of hydrogen-bond acceptors (Lipinski definition) is 5. The Hall–Kier alpha value is -3.02. The van der Waals surface area contributed by atoms with E-state index in [1.54, 1.807) is 18.4 Å². The fraction of sp³-hybridized carbons (Fsp3) is 0.300. The summed E-state index contributed by atoms with van der Waals surface area (Å²) in [7, 11) is 0. The van der Waals surface area contributed by atoms with Gasteiger partial charge in [0.25, 0.3) is 5.91 Å². The zero-order chi connectivity index (χ0) is 18.5. The summed E-state index contributed by atoms with van der Waals surface area (Å²) in [6.07, 6.45) is 3.18. The van der Waals surface area contributed by atoms with E-state index in [1.807, 2.05) is 32.0 Å². The Morgan fingerprint density at radius 1 is 1.27 bits per heavy atom. The van der Waals surface area contributed by atoms with Gasteiger partial charge in [-0.2, -0.15) is 0 Å². The lowest BCUT2D eigenvalue weighted by molar-refractivity contribution is -0.123. The van der Waals surface area contributed by atoms with Crippen LogP contribution in [0.25, 0.3) is 11.0 Å². The molecule has 0 fully saturated rings. The normalized spacial score (nSPS) is 12.1. The van der Waals surface area contributed by atoms with Crippen molar-refractivity contribution >= 4 is 16.9 Å². The molecule has 3 rings (SSSR count). The van der Waals surface area contributed by atoms with Crippen LogP contribution in [0.2, 0.25) is 0 Å². The molecule has 2 aromatic heterocycles. The second kappa shape index (κ2) is 7.91. The summed E-state index contributed by atoms with van der Waals surface area (Å²) >= 11 is 0. The van der Waals surface area contributed by atoms with Crippen LogP contribution in [0.1, 0.15) is 24.7 Å². The molecule has 0 radical (unpaired) electrons. The number of rotatable bonds is 7. The summed E-state index contributed by atoms with van der Waals surface area (Å²) in [6.45, 7) is 3.68. The van der Waals surface area contributed by atoms with E-state index in [0.29, 0.717) is 11.3 Å². The third-order valence-electron chi connectivity index (χ3n) is 4.10.